The number of nitrogens with two attached hydrogens (primary N) is 1. The van der Waals surface area contributed by atoms with Crippen LogP contribution in [0, 0.1) is 0 Å². The van der Waals surface area contributed by atoms with E-state index in [1.54, 1.807) is 23.1 Å². The van der Waals surface area contributed by atoms with Gasteiger partial charge in [-0.3, -0.25) is 14.5 Å². The zero-order valence-corrected chi connectivity index (χ0v) is 11.2. The van der Waals surface area contributed by atoms with E-state index in [-0.39, 0.29) is 5.69 Å². The number of benzene rings is 1. The predicted octanol–water partition coefficient (Wildman–Crippen LogP) is 1.04. The van der Waals surface area contributed by atoms with Crippen molar-refractivity contribution >= 4 is 22.8 Å². The Bertz CT molecular complexity index is 782. The van der Waals surface area contributed by atoms with E-state index in [2.05, 4.69) is 20.4 Å². The Morgan fingerprint density at radius 1 is 1.24 bits per heavy atom. The molecular formula is C14H14N6O. The molecule has 0 fully saturated rings. The Morgan fingerprint density at radius 3 is 2.81 bits per heavy atom. The van der Waals surface area contributed by atoms with Gasteiger partial charge in [0.05, 0.1) is 23.8 Å². The molecule has 0 saturated carbocycles. The average molecular weight is 282 g/mol. The van der Waals surface area contributed by atoms with E-state index in [9.17, 15) is 4.79 Å². The van der Waals surface area contributed by atoms with Crippen LogP contribution in [0.3, 0.4) is 0 Å². The minimum absolute atomic E-state index is 0.264. The van der Waals surface area contributed by atoms with Crippen molar-refractivity contribution in [1.29, 1.82) is 0 Å². The highest BCUT2D eigenvalue weighted by molar-refractivity contribution is 5.90. The van der Waals surface area contributed by atoms with Crippen LogP contribution >= 0.6 is 0 Å². The summed E-state index contributed by atoms with van der Waals surface area (Å²) >= 11 is 0. The van der Waals surface area contributed by atoms with E-state index in [0.717, 1.165) is 11.0 Å². The first-order valence-corrected chi connectivity index (χ1v) is 6.51. The summed E-state index contributed by atoms with van der Waals surface area (Å²) in [5.74, 6) is 0.179. The SMILES string of the molecule is NC(=O)c1ccn(CCNc2cnc3ccccc3n2)n1. The molecule has 1 aromatic carbocycles. The molecule has 0 aliphatic rings. The average Bonchev–Trinajstić information content (AvgIpc) is 2.96. The predicted molar refractivity (Wildman–Crippen MR) is 78.8 cm³/mol. The van der Waals surface area contributed by atoms with Gasteiger partial charge in [0.15, 0.2) is 0 Å². The van der Waals surface area contributed by atoms with E-state index >= 15 is 0 Å². The molecule has 7 nitrogen and oxygen atoms in total. The molecule has 106 valence electrons. The fraction of sp³-hybridized carbons (Fsp3) is 0.143. The monoisotopic (exact) mass is 282 g/mol. The number of hydrogen-bond donors (Lipinski definition) is 2. The van der Waals surface area contributed by atoms with Gasteiger partial charge in [0.25, 0.3) is 5.91 Å². The molecule has 1 amide bonds. The third-order valence-electron chi connectivity index (χ3n) is 2.99. The first-order chi connectivity index (χ1) is 10.2. The van der Waals surface area contributed by atoms with E-state index in [4.69, 9.17) is 5.73 Å². The maximum atomic E-state index is 10.9. The minimum atomic E-state index is -0.526. The van der Waals surface area contributed by atoms with Gasteiger partial charge in [0.1, 0.15) is 11.5 Å². The van der Waals surface area contributed by atoms with Crippen molar-refractivity contribution in [3.8, 4) is 0 Å². The lowest BCUT2D eigenvalue weighted by molar-refractivity contribution is 0.0994. The van der Waals surface area contributed by atoms with E-state index in [0.29, 0.717) is 18.9 Å². The maximum Gasteiger partial charge on any atom is 0.269 e. The summed E-state index contributed by atoms with van der Waals surface area (Å²) in [4.78, 5) is 19.7. The Hall–Kier alpha value is -2.96. The van der Waals surface area contributed by atoms with Crippen LogP contribution in [0.2, 0.25) is 0 Å². The molecule has 3 N–H and O–H groups in total. The lowest BCUT2D eigenvalue weighted by atomic mass is 10.3. The summed E-state index contributed by atoms with van der Waals surface area (Å²) in [5, 5.41) is 7.23. The van der Waals surface area contributed by atoms with Gasteiger partial charge in [-0.2, -0.15) is 5.10 Å². The van der Waals surface area contributed by atoms with Crippen LogP contribution in [-0.2, 0) is 6.54 Å². The summed E-state index contributed by atoms with van der Waals surface area (Å²) in [6.45, 7) is 1.22. The second-order valence-electron chi connectivity index (χ2n) is 4.50. The summed E-state index contributed by atoms with van der Waals surface area (Å²) in [7, 11) is 0. The summed E-state index contributed by atoms with van der Waals surface area (Å²) in [6, 6.07) is 9.29. The molecule has 7 heteroatoms. The molecule has 0 aliphatic carbocycles. The molecule has 2 aromatic heterocycles. The van der Waals surface area contributed by atoms with Crippen molar-refractivity contribution in [3.63, 3.8) is 0 Å². The van der Waals surface area contributed by atoms with E-state index in [1.165, 1.54) is 0 Å². The fourth-order valence-electron chi connectivity index (χ4n) is 1.96. The molecule has 3 rings (SSSR count). The number of para-hydroxylation sites is 2. The Labute approximate surface area is 120 Å². The summed E-state index contributed by atoms with van der Waals surface area (Å²) in [6.07, 6.45) is 3.41. The summed E-state index contributed by atoms with van der Waals surface area (Å²) < 4.78 is 1.65. The maximum absolute atomic E-state index is 10.9. The van der Waals surface area contributed by atoms with Gasteiger partial charge in [-0.25, -0.2) is 4.98 Å². The number of rotatable bonds is 5. The van der Waals surface area contributed by atoms with Gasteiger partial charge in [-0.05, 0) is 18.2 Å². The van der Waals surface area contributed by atoms with Gasteiger partial charge < -0.3 is 11.1 Å². The largest absolute Gasteiger partial charge is 0.367 e. The topological polar surface area (TPSA) is 98.7 Å². The Morgan fingerprint density at radius 2 is 2.05 bits per heavy atom. The number of carbonyl (C=O) groups is 1. The number of fused-ring (bicyclic) bond motifs is 1. The minimum Gasteiger partial charge on any atom is -0.367 e. The number of nitrogens with one attached hydrogen (secondary N) is 1. The van der Waals surface area contributed by atoms with Crippen molar-refractivity contribution in [1.82, 2.24) is 19.7 Å². The number of carbonyl (C=O) groups excluding carboxylic acids is 1. The van der Waals surface area contributed by atoms with Crippen molar-refractivity contribution in [2.24, 2.45) is 5.73 Å². The van der Waals surface area contributed by atoms with Crippen molar-refractivity contribution in [2.45, 2.75) is 6.54 Å². The van der Waals surface area contributed by atoms with Crippen molar-refractivity contribution < 1.29 is 4.79 Å². The standard InChI is InChI=1S/C14H14N6O/c15-14(21)12-5-7-20(19-12)8-6-16-13-9-17-10-3-1-2-4-11(10)18-13/h1-5,7,9H,6,8H2,(H2,15,21)(H,16,18). The zero-order valence-electron chi connectivity index (χ0n) is 11.2. The molecule has 2 heterocycles. The van der Waals surface area contributed by atoms with Gasteiger partial charge in [0.2, 0.25) is 0 Å². The first kappa shape index (κ1) is 13.0. The number of amides is 1. The molecule has 0 radical (unpaired) electrons. The molecule has 21 heavy (non-hydrogen) atoms. The molecule has 0 unspecified atom stereocenters. The highest BCUT2D eigenvalue weighted by atomic mass is 16.1. The summed E-state index contributed by atoms with van der Waals surface area (Å²) in [5.41, 5.74) is 7.12. The lowest BCUT2D eigenvalue weighted by Crippen LogP contribution is -2.15. The van der Waals surface area contributed by atoms with E-state index in [1.807, 2.05) is 24.3 Å². The van der Waals surface area contributed by atoms with Crippen LogP contribution in [0.5, 0.6) is 0 Å². The normalized spacial score (nSPS) is 10.7. The quantitative estimate of drug-likeness (QED) is 0.728. The highest BCUT2D eigenvalue weighted by Gasteiger charge is 2.04. The fourth-order valence-corrected chi connectivity index (χ4v) is 1.96. The van der Waals surface area contributed by atoms with Crippen LogP contribution in [0.15, 0.2) is 42.7 Å². The van der Waals surface area contributed by atoms with E-state index < -0.39 is 5.91 Å². The molecule has 0 saturated heterocycles. The number of nitrogens with zero attached hydrogens (tertiary/aromatic N) is 4. The van der Waals surface area contributed by atoms with Crippen molar-refractivity contribution in [2.75, 3.05) is 11.9 Å². The van der Waals surface area contributed by atoms with Crippen LogP contribution in [0.25, 0.3) is 11.0 Å². The first-order valence-electron chi connectivity index (χ1n) is 6.51. The Balaban J connectivity index is 1.62. The second kappa shape index (κ2) is 5.58. The molecule has 0 aliphatic heterocycles. The molecule has 0 atom stereocenters. The second-order valence-corrected chi connectivity index (χ2v) is 4.50. The van der Waals surface area contributed by atoms with Gasteiger partial charge in [-0.15, -0.1) is 0 Å². The van der Waals surface area contributed by atoms with Crippen LogP contribution < -0.4 is 11.1 Å². The van der Waals surface area contributed by atoms with Gasteiger partial charge in [-0.1, -0.05) is 12.1 Å². The van der Waals surface area contributed by atoms with Crippen molar-refractivity contribution in [3.05, 3.63) is 48.4 Å². The number of anilines is 1. The zero-order chi connectivity index (χ0) is 14.7. The molecule has 0 spiro atoms. The van der Waals surface area contributed by atoms with Gasteiger partial charge in [0, 0.05) is 12.7 Å². The number of aromatic nitrogens is 4. The smallest absolute Gasteiger partial charge is 0.269 e. The van der Waals surface area contributed by atoms with Crippen LogP contribution in [0.4, 0.5) is 5.82 Å². The molecule has 0 bridgehead atoms. The third-order valence-corrected chi connectivity index (χ3v) is 2.99. The molecular weight excluding hydrogens is 268 g/mol. The molecule has 3 aromatic rings. The highest BCUT2D eigenvalue weighted by Crippen LogP contribution is 2.10. The third kappa shape index (κ3) is 2.97. The number of primary amides is 1. The van der Waals surface area contributed by atoms with Gasteiger partial charge >= 0.3 is 0 Å². The van der Waals surface area contributed by atoms with Crippen LogP contribution in [-0.4, -0.2) is 32.2 Å². The Kier molecular flexibility index (Phi) is 3.46. The van der Waals surface area contributed by atoms with Crippen LogP contribution in [0.1, 0.15) is 10.5 Å². The lowest BCUT2D eigenvalue weighted by Gasteiger charge is -2.06. The number of hydrogen-bond acceptors (Lipinski definition) is 5.